The second-order valence-electron chi connectivity index (χ2n) is 4.30. The Morgan fingerprint density at radius 1 is 1.59 bits per heavy atom. The molecule has 1 aromatic heterocycles. The molecule has 0 saturated carbocycles. The van der Waals surface area contributed by atoms with Gasteiger partial charge in [0.05, 0.1) is 0 Å². The lowest BCUT2D eigenvalue weighted by atomic mass is 10.2. The Kier molecular flexibility index (Phi) is 3.63. The third-order valence-corrected chi connectivity index (χ3v) is 3.98. The summed E-state index contributed by atoms with van der Waals surface area (Å²) >= 11 is 0. The minimum absolute atomic E-state index is 0.262. The molecule has 5 nitrogen and oxygen atoms in total. The Morgan fingerprint density at radius 3 is 3.06 bits per heavy atom. The summed E-state index contributed by atoms with van der Waals surface area (Å²) in [6, 6.07) is 3.62. The van der Waals surface area contributed by atoms with Crippen molar-refractivity contribution in [3.8, 4) is 0 Å². The summed E-state index contributed by atoms with van der Waals surface area (Å²) in [7, 11) is -3.22. The molecule has 2 N–H and O–H groups in total. The van der Waals surface area contributed by atoms with Crippen molar-refractivity contribution < 1.29 is 8.42 Å². The van der Waals surface area contributed by atoms with Crippen molar-refractivity contribution >= 4 is 15.7 Å². The average molecular weight is 255 g/mol. The SMILES string of the molecule is CS(=O)(=O)c1cccnc1NCC1CCCN1. The van der Waals surface area contributed by atoms with Gasteiger partial charge in [-0.15, -0.1) is 0 Å². The third-order valence-electron chi connectivity index (χ3n) is 2.85. The maximum atomic E-state index is 11.6. The molecule has 0 amide bonds. The zero-order valence-corrected chi connectivity index (χ0v) is 10.6. The summed E-state index contributed by atoms with van der Waals surface area (Å²) in [5.41, 5.74) is 0. The van der Waals surface area contributed by atoms with Crippen LogP contribution in [0.15, 0.2) is 23.2 Å². The highest BCUT2D eigenvalue weighted by Crippen LogP contribution is 2.18. The van der Waals surface area contributed by atoms with Gasteiger partial charge < -0.3 is 10.6 Å². The monoisotopic (exact) mass is 255 g/mol. The van der Waals surface area contributed by atoms with Gasteiger partial charge in [-0.1, -0.05) is 0 Å². The van der Waals surface area contributed by atoms with Gasteiger partial charge in [0.25, 0.3) is 0 Å². The number of nitrogens with zero attached hydrogens (tertiary/aromatic N) is 1. The van der Waals surface area contributed by atoms with Gasteiger partial charge in [0, 0.05) is 25.0 Å². The molecule has 17 heavy (non-hydrogen) atoms. The largest absolute Gasteiger partial charge is 0.367 e. The molecule has 94 valence electrons. The lowest BCUT2D eigenvalue weighted by molar-refractivity contribution is 0.601. The summed E-state index contributed by atoms with van der Waals surface area (Å²) < 4.78 is 23.1. The van der Waals surface area contributed by atoms with E-state index in [9.17, 15) is 8.42 Å². The Labute approximate surface area is 102 Å². The van der Waals surface area contributed by atoms with Crippen molar-refractivity contribution in [2.75, 3.05) is 24.7 Å². The number of aromatic nitrogens is 1. The van der Waals surface area contributed by atoms with Gasteiger partial charge in [-0.3, -0.25) is 0 Å². The van der Waals surface area contributed by atoms with Crippen molar-refractivity contribution in [2.45, 2.75) is 23.8 Å². The molecule has 0 spiro atoms. The highest BCUT2D eigenvalue weighted by molar-refractivity contribution is 7.90. The highest BCUT2D eigenvalue weighted by Gasteiger charge is 2.17. The van der Waals surface area contributed by atoms with E-state index in [1.165, 1.54) is 12.7 Å². The molecule has 1 aliphatic heterocycles. The summed E-state index contributed by atoms with van der Waals surface area (Å²) in [6.45, 7) is 1.74. The Hall–Kier alpha value is -1.14. The summed E-state index contributed by atoms with van der Waals surface area (Å²) in [4.78, 5) is 4.35. The standard InChI is InChI=1S/C11H17N3O2S/c1-17(15,16)10-5-3-7-13-11(10)14-8-9-4-2-6-12-9/h3,5,7,9,12H,2,4,6,8H2,1H3,(H,13,14). The van der Waals surface area contributed by atoms with Crippen molar-refractivity contribution in [1.82, 2.24) is 10.3 Å². The van der Waals surface area contributed by atoms with Crippen LogP contribution in [0.25, 0.3) is 0 Å². The summed E-state index contributed by atoms with van der Waals surface area (Å²) in [5, 5.41) is 6.45. The van der Waals surface area contributed by atoms with E-state index in [2.05, 4.69) is 15.6 Å². The number of pyridine rings is 1. The fourth-order valence-corrected chi connectivity index (χ4v) is 2.78. The minimum atomic E-state index is -3.22. The van der Waals surface area contributed by atoms with Crippen LogP contribution in [0, 0.1) is 0 Å². The second kappa shape index (κ2) is 5.01. The van der Waals surface area contributed by atoms with E-state index in [4.69, 9.17) is 0 Å². The van der Waals surface area contributed by atoms with Gasteiger partial charge >= 0.3 is 0 Å². The molecule has 6 heteroatoms. The molecule has 0 bridgehead atoms. The molecule has 0 aliphatic carbocycles. The van der Waals surface area contributed by atoms with Crippen molar-refractivity contribution in [1.29, 1.82) is 0 Å². The van der Waals surface area contributed by atoms with Gasteiger partial charge in [0.1, 0.15) is 10.7 Å². The first-order valence-electron chi connectivity index (χ1n) is 5.70. The molecule has 1 aliphatic rings. The van der Waals surface area contributed by atoms with Crippen molar-refractivity contribution in [2.24, 2.45) is 0 Å². The number of rotatable bonds is 4. The Morgan fingerprint density at radius 2 is 2.41 bits per heavy atom. The van der Waals surface area contributed by atoms with Crippen molar-refractivity contribution in [3.05, 3.63) is 18.3 Å². The van der Waals surface area contributed by atoms with Crippen LogP contribution in [0.5, 0.6) is 0 Å². The first-order chi connectivity index (χ1) is 8.07. The number of anilines is 1. The number of hydrogen-bond donors (Lipinski definition) is 2. The maximum Gasteiger partial charge on any atom is 0.179 e. The van der Waals surface area contributed by atoms with E-state index in [0.29, 0.717) is 18.4 Å². The highest BCUT2D eigenvalue weighted by atomic mass is 32.2. The van der Waals surface area contributed by atoms with E-state index in [1.54, 1.807) is 18.3 Å². The maximum absolute atomic E-state index is 11.6. The van der Waals surface area contributed by atoms with Crippen molar-refractivity contribution in [3.63, 3.8) is 0 Å². The lowest BCUT2D eigenvalue weighted by Gasteiger charge is -2.13. The molecule has 1 fully saturated rings. The van der Waals surface area contributed by atoms with Crippen LogP contribution in [-0.4, -0.2) is 38.8 Å². The first-order valence-corrected chi connectivity index (χ1v) is 7.59. The van der Waals surface area contributed by atoms with Gasteiger partial charge in [0.2, 0.25) is 0 Å². The predicted molar refractivity (Wildman–Crippen MR) is 66.9 cm³/mol. The van der Waals surface area contributed by atoms with E-state index < -0.39 is 9.84 Å². The van der Waals surface area contributed by atoms with Crippen LogP contribution in [0.4, 0.5) is 5.82 Å². The van der Waals surface area contributed by atoms with Crippen LogP contribution in [0.2, 0.25) is 0 Å². The molecule has 1 atom stereocenters. The zero-order chi connectivity index (χ0) is 12.3. The minimum Gasteiger partial charge on any atom is -0.367 e. The van der Waals surface area contributed by atoms with Gasteiger partial charge in [-0.2, -0.15) is 0 Å². The smallest absolute Gasteiger partial charge is 0.179 e. The Balaban J connectivity index is 2.09. The lowest BCUT2D eigenvalue weighted by Crippen LogP contribution is -2.29. The molecule has 1 saturated heterocycles. The molecular weight excluding hydrogens is 238 g/mol. The number of nitrogens with one attached hydrogen (secondary N) is 2. The van der Waals surface area contributed by atoms with Gasteiger partial charge in [0.15, 0.2) is 9.84 Å². The molecule has 0 radical (unpaired) electrons. The average Bonchev–Trinajstić information content (AvgIpc) is 2.78. The molecule has 2 heterocycles. The Bertz CT molecular complexity index is 481. The van der Waals surface area contributed by atoms with E-state index in [1.807, 2.05) is 0 Å². The van der Waals surface area contributed by atoms with Crippen LogP contribution in [0.3, 0.4) is 0 Å². The number of sulfone groups is 1. The number of hydrogen-bond acceptors (Lipinski definition) is 5. The quantitative estimate of drug-likeness (QED) is 0.826. The third kappa shape index (κ3) is 3.17. The first kappa shape index (κ1) is 12.3. The van der Waals surface area contributed by atoms with E-state index >= 15 is 0 Å². The van der Waals surface area contributed by atoms with E-state index in [0.717, 1.165) is 13.0 Å². The van der Waals surface area contributed by atoms with Crippen LogP contribution < -0.4 is 10.6 Å². The molecule has 2 rings (SSSR count). The van der Waals surface area contributed by atoms with Crippen LogP contribution in [0.1, 0.15) is 12.8 Å². The molecular formula is C11H17N3O2S. The predicted octanol–water partition coefficient (Wildman–Crippen LogP) is 0.649. The second-order valence-corrected chi connectivity index (χ2v) is 6.28. The van der Waals surface area contributed by atoms with E-state index in [-0.39, 0.29) is 4.90 Å². The topological polar surface area (TPSA) is 71.1 Å². The zero-order valence-electron chi connectivity index (χ0n) is 9.81. The summed E-state index contributed by atoms with van der Waals surface area (Å²) in [6.07, 6.45) is 5.09. The molecule has 1 aromatic rings. The van der Waals surface area contributed by atoms with Crippen LogP contribution in [-0.2, 0) is 9.84 Å². The molecule has 1 unspecified atom stereocenters. The fourth-order valence-electron chi connectivity index (χ4n) is 1.97. The van der Waals surface area contributed by atoms with Crippen LogP contribution >= 0.6 is 0 Å². The fraction of sp³-hybridized carbons (Fsp3) is 0.545. The normalized spacial score (nSPS) is 20.4. The van der Waals surface area contributed by atoms with Gasteiger partial charge in [-0.05, 0) is 31.5 Å². The molecule has 0 aromatic carbocycles. The van der Waals surface area contributed by atoms with Gasteiger partial charge in [-0.25, -0.2) is 13.4 Å². The summed E-state index contributed by atoms with van der Waals surface area (Å²) in [5.74, 6) is 0.448.